The number of nitrogen functional groups attached to an aromatic ring is 1. The highest BCUT2D eigenvalue weighted by Crippen LogP contribution is 2.18. The predicted octanol–water partition coefficient (Wildman–Crippen LogP) is 2.51. The second-order valence-corrected chi connectivity index (χ2v) is 4.95. The number of pyridine rings is 1. The highest BCUT2D eigenvalue weighted by atomic mass is 35.5. The van der Waals surface area contributed by atoms with Crippen LogP contribution >= 0.6 is 22.9 Å². The third-order valence-electron chi connectivity index (χ3n) is 2.16. The summed E-state index contributed by atoms with van der Waals surface area (Å²) in [7, 11) is 0. The number of carbonyl (C=O) groups excluding carboxylic acids is 1. The fourth-order valence-electron chi connectivity index (χ4n) is 1.39. The van der Waals surface area contributed by atoms with Gasteiger partial charge in [-0.1, -0.05) is 11.6 Å². The van der Waals surface area contributed by atoms with E-state index in [-0.39, 0.29) is 18.0 Å². The molecule has 4 nitrogen and oxygen atoms in total. The van der Waals surface area contributed by atoms with Gasteiger partial charge in [-0.05, 0) is 13.0 Å². The van der Waals surface area contributed by atoms with Gasteiger partial charge < -0.3 is 5.73 Å². The van der Waals surface area contributed by atoms with Crippen molar-refractivity contribution in [1.29, 1.82) is 0 Å². The molecule has 2 heterocycles. The molecule has 17 heavy (non-hydrogen) atoms. The Morgan fingerprint density at radius 3 is 3.00 bits per heavy atom. The van der Waals surface area contributed by atoms with Crippen LogP contribution in [-0.4, -0.2) is 15.8 Å². The Labute approximate surface area is 107 Å². The number of rotatable bonds is 3. The third kappa shape index (κ3) is 2.81. The Morgan fingerprint density at radius 2 is 2.35 bits per heavy atom. The van der Waals surface area contributed by atoms with E-state index in [1.807, 2.05) is 12.3 Å². The Balaban J connectivity index is 2.22. The molecule has 0 amide bonds. The van der Waals surface area contributed by atoms with Gasteiger partial charge in [0.1, 0.15) is 10.8 Å². The van der Waals surface area contributed by atoms with Crippen molar-refractivity contribution in [3.8, 4) is 0 Å². The van der Waals surface area contributed by atoms with Gasteiger partial charge in [0.15, 0.2) is 5.78 Å². The van der Waals surface area contributed by atoms with Crippen LogP contribution in [-0.2, 0) is 6.42 Å². The van der Waals surface area contributed by atoms with Crippen LogP contribution in [0.15, 0.2) is 17.6 Å². The van der Waals surface area contributed by atoms with Gasteiger partial charge in [0.25, 0.3) is 0 Å². The fourth-order valence-corrected chi connectivity index (χ4v) is 2.32. The molecule has 2 N–H and O–H groups in total. The van der Waals surface area contributed by atoms with E-state index in [0.717, 1.165) is 10.7 Å². The number of thiazole rings is 1. The lowest BCUT2D eigenvalue weighted by Gasteiger charge is -2.02. The van der Waals surface area contributed by atoms with Crippen LogP contribution in [0.4, 0.5) is 5.82 Å². The number of aryl methyl sites for hydroxylation is 1. The molecule has 88 valence electrons. The van der Waals surface area contributed by atoms with Gasteiger partial charge in [-0.15, -0.1) is 11.3 Å². The quantitative estimate of drug-likeness (QED) is 0.868. The smallest absolute Gasteiger partial charge is 0.173 e. The zero-order valence-corrected chi connectivity index (χ0v) is 10.7. The summed E-state index contributed by atoms with van der Waals surface area (Å²) in [5, 5.41) is 3.08. The van der Waals surface area contributed by atoms with Crippen LogP contribution in [0, 0.1) is 6.92 Å². The number of nitrogens with zero attached hydrogens (tertiary/aromatic N) is 2. The first kappa shape index (κ1) is 12.0. The predicted molar refractivity (Wildman–Crippen MR) is 68.5 cm³/mol. The molecule has 0 saturated heterocycles. The van der Waals surface area contributed by atoms with Gasteiger partial charge in [-0.25, -0.2) is 9.97 Å². The first-order valence-electron chi connectivity index (χ1n) is 4.91. The van der Waals surface area contributed by atoms with Gasteiger partial charge in [0, 0.05) is 17.3 Å². The van der Waals surface area contributed by atoms with E-state index in [4.69, 9.17) is 17.3 Å². The molecule has 0 radical (unpaired) electrons. The summed E-state index contributed by atoms with van der Waals surface area (Å²) in [6.07, 6.45) is 1.64. The van der Waals surface area contributed by atoms with Crippen LogP contribution in [0.5, 0.6) is 0 Å². The standard InChI is InChI=1S/C11H10ClN3OS/c1-6-5-17-10(15-6)3-9(16)8-2-7(12)4-14-11(8)13/h2,4-5H,3H2,1H3,(H2,13,14). The van der Waals surface area contributed by atoms with Crippen LogP contribution in [0.1, 0.15) is 21.1 Å². The maximum atomic E-state index is 12.0. The topological polar surface area (TPSA) is 68.9 Å². The van der Waals surface area contributed by atoms with E-state index in [0.29, 0.717) is 10.6 Å². The number of carbonyl (C=O) groups is 1. The van der Waals surface area contributed by atoms with E-state index < -0.39 is 0 Å². The summed E-state index contributed by atoms with van der Waals surface area (Å²) < 4.78 is 0. The summed E-state index contributed by atoms with van der Waals surface area (Å²) in [4.78, 5) is 20.1. The molecular weight excluding hydrogens is 258 g/mol. The molecular formula is C11H10ClN3OS. The lowest BCUT2D eigenvalue weighted by molar-refractivity contribution is 0.0993. The van der Waals surface area contributed by atoms with Gasteiger partial charge in [0.05, 0.1) is 17.0 Å². The summed E-state index contributed by atoms with van der Waals surface area (Å²) >= 11 is 7.24. The minimum atomic E-state index is -0.119. The molecule has 2 aromatic rings. The molecule has 0 saturated carbocycles. The SMILES string of the molecule is Cc1csc(CC(=O)c2cc(Cl)cnc2N)n1. The van der Waals surface area contributed by atoms with Gasteiger partial charge in [-0.3, -0.25) is 4.79 Å². The van der Waals surface area contributed by atoms with Crippen LogP contribution in [0.3, 0.4) is 0 Å². The molecule has 6 heteroatoms. The van der Waals surface area contributed by atoms with E-state index in [2.05, 4.69) is 9.97 Å². The first-order chi connectivity index (χ1) is 8.06. The Kier molecular flexibility index (Phi) is 3.40. The zero-order chi connectivity index (χ0) is 12.4. The maximum absolute atomic E-state index is 12.0. The van der Waals surface area contributed by atoms with Crippen LogP contribution in [0.25, 0.3) is 0 Å². The Bertz CT molecular complexity index is 568. The second-order valence-electron chi connectivity index (χ2n) is 3.57. The molecule has 0 aliphatic heterocycles. The number of Topliss-reactive ketones (excluding diaryl/α,β-unsaturated/α-hetero) is 1. The van der Waals surface area contributed by atoms with Crippen molar-refractivity contribution < 1.29 is 4.79 Å². The number of halogens is 1. The van der Waals surface area contributed by atoms with Gasteiger partial charge >= 0.3 is 0 Å². The maximum Gasteiger partial charge on any atom is 0.173 e. The van der Waals surface area contributed by atoms with E-state index in [1.54, 1.807) is 0 Å². The average Bonchev–Trinajstić information content (AvgIpc) is 2.67. The van der Waals surface area contributed by atoms with Crippen molar-refractivity contribution in [3.05, 3.63) is 38.9 Å². The lowest BCUT2D eigenvalue weighted by Crippen LogP contribution is -2.08. The third-order valence-corrected chi connectivity index (χ3v) is 3.34. The summed E-state index contributed by atoms with van der Waals surface area (Å²) in [5.74, 6) is 0.0829. The van der Waals surface area contributed by atoms with Crippen molar-refractivity contribution in [2.45, 2.75) is 13.3 Å². The van der Waals surface area contributed by atoms with Gasteiger partial charge in [0.2, 0.25) is 0 Å². The van der Waals surface area contributed by atoms with E-state index in [9.17, 15) is 4.79 Å². The highest BCUT2D eigenvalue weighted by Gasteiger charge is 2.14. The molecule has 0 bridgehead atoms. The summed E-state index contributed by atoms with van der Waals surface area (Å²) in [6, 6.07) is 1.53. The van der Waals surface area contributed by atoms with Crippen molar-refractivity contribution in [1.82, 2.24) is 9.97 Å². The normalized spacial score (nSPS) is 10.5. The molecule has 0 unspecified atom stereocenters. The number of aromatic nitrogens is 2. The number of hydrogen-bond acceptors (Lipinski definition) is 5. The molecule has 2 rings (SSSR count). The molecule has 0 aromatic carbocycles. The largest absolute Gasteiger partial charge is 0.383 e. The molecule has 0 aliphatic rings. The van der Waals surface area contributed by atoms with Gasteiger partial charge in [-0.2, -0.15) is 0 Å². The fraction of sp³-hybridized carbons (Fsp3) is 0.182. The average molecular weight is 268 g/mol. The monoisotopic (exact) mass is 267 g/mol. The Morgan fingerprint density at radius 1 is 1.59 bits per heavy atom. The molecule has 0 fully saturated rings. The Hall–Kier alpha value is -1.46. The zero-order valence-electron chi connectivity index (χ0n) is 9.11. The number of ketones is 1. The lowest BCUT2D eigenvalue weighted by atomic mass is 10.1. The van der Waals surface area contributed by atoms with Crippen molar-refractivity contribution in [2.24, 2.45) is 0 Å². The molecule has 0 spiro atoms. The first-order valence-corrected chi connectivity index (χ1v) is 6.17. The molecule has 2 aromatic heterocycles. The minimum Gasteiger partial charge on any atom is -0.383 e. The summed E-state index contributed by atoms with van der Waals surface area (Å²) in [5.41, 5.74) is 6.91. The summed E-state index contributed by atoms with van der Waals surface area (Å²) in [6.45, 7) is 1.89. The van der Waals surface area contributed by atoms with Crippen LogP contribution < -0.4 is 5.73 Å². The second kappa shape index (κ2) is 4.81. The van der Waals surface area contributed by atoms with Crippen molar-refractivity contribution in [3.63, 3.8) is 0 Å². The van der Waals surface area contributed by atoms with Crippen LogP contribution in [0.2, 0.25) is 5.02 Å². The highest BCUT2D eigenvalue weighted by molar-refractivity contribution is 7.09. The number of hydrogen-bond donors (Lipinski definition) is 1. The minimum absolute atomic E-state index is 0.119. The molecule has 0 aliphatic carbocycles. The van der Waals surface area contributed by atoms with Crippen molar-refractivity contribution >= 4 is 34.5 Å². The number of nitrogens with two attached hydrogens (primary N) is 1. The van der Waals surface area contributed by atoms with E-state index >= 15 is 0 Å². The molecule has 0 atom stereocenters. The van der Waals surface area contributed by atoms with E-state index in [1.165, 1.54) is 23.6 Å². The number of anilines is 1. The van der Waals surface area contributed by atoms with Crippen molar-refractivity contribution in [2.75, 3.05) is 5.73 Å².